The summed E-state index contributed by atoms with van der Waals surface area (Å²) in [6.07, 6.45) is 0. The van der Waals surface area contributed by atoms with Crippen LogP contribution in [-0.2, 0) is 0 Å². The van der Waals surface area contributed by atoms with E-state index in [-0.39, 0.29) is 4.94 Å². The molecule has 4 aromatic rings. The Morgan fingerprint density at radius 2 is 1.68 bits per heavy atom. The minimum Gasteiger partial charge on any atom is -0.413 e. The molecule has 92 valence electrons. The average Bonchev–Trinajstić information content (AvgIpc) is 2.78. The molecule has 2 N–H and O–H groups in total. The summed E-state index contributed by atoms with van der Waals surface area (Å²) in [6, 6.07) is 13.9. The molecule has 0 radical (unpaired) electrons. The van der Waals surface area contributed by atoms with Gasteiger partial charge < -0.3 is 10.2 Å². The lowest BCUT2D eigenvalue weighted by Gasteiger charge is -2.05. The molecule has 3 nitrogen and oxygen atoms in total. The average molecular weight is 267 g/mol. The van der Waals surface area contributed by atoms with Crippen LogP contribution in [-0.4, -0.2) is 0 Å². The van der Waals surface area contributed by atoms with E-state index >= 15 is 0 Å². The van der Waals surface area contributed by atoms with Gasteiger partial charge in [0.15, 0.2) is 5.58 Å². The molecule has 0 atom stereocenters. The van der Waals surface area contributed by atoms with Crippen molar-refractivity contribution in [2.24, 2.45) is 0 Å². The number of hydrogen-bond donors (Lipinski definition) is 1. The van der Waals surface area contributed by atoms with Gasteiger partial charge in [-0.25, -0.2) is 4.79 Å². The second kappa shape index (κ2) is 3.59. The van der Waals surface area contributed by atoms with E-state index in [2.05, 4.69) is 0 Å². The SMILES string of the molecule is Nc1cc2sc(=O)oc2c2cc3ccccc3cc12. The van der Waals surface area contributed by atoms with Crippen molar-refractivity contribution in [3.05, 3.63) is 52.2 Å². The highest BCUT2D eigenvalue weighted by atomic mass is 32.1. The van der Waals surface area contributed by atoms with Gasteiger partial charge in [-0.3, -0.25) is 0 Å². The number of fused-ring (bicyclic) bond motifs is 4. The van der Waals surface area contributed by atoms with Gasteiger partial charge in [0.1, 0.15) is 0 Å². The highest BCUT2D eigenvalue weighted by Gasteiger charge is 2.11. The Hall–Kier alpha value is -2.33. The number of rotatable bonds is 0. The van der Waals surface area contributed by atoms with Crippen LogP contribution in [0.3, 0.4) is 0 Å². The van der Waals surface area contributed by atoms with Crippen molar-refractivity contribution in [1.82, 2.24) is 0 Å². The Kier molecular flexibility index (Phi) is 2.00. The first-order valence-corrected chi connectivity index (χ1v) is 6.69. The third-order valence-corrected chi connectivity index (χ3v) is 4.10. The van der Waals surface area contributed by atoms with Crippen LogP contribution in [0, 0.1) is 0 Å². The van der Waals surface area contributed by atoms with Crippen LogP contribution in [0.5, 0.6) is 0 Å². The fourth-order valence-corrected chi connectivity index (χ4v) is 3.19. The zero-order valence-corrected chi connectivity index (χ0v) is 10.7. The summed E-state index contributed by atoms with van der Waals surface area (Å²) in [7, 11) is 0. The van der Waals surface area contributed by atoms with Gasteiger partial charge in [0.05, 0.1) is 4.70 Å². The van der Waals surface area contributed by atoms with Crippen LogP contribution in [0.2, 0.25) is 0 Å². The Bertz CT molecular complexity index is 997. The van der Waals surface area contributed by atoms with Crippen LogP contribution in [0.15, 0.2) is 51.7 Å². The second-order valence-corrected chi connectivity index (χ2v) is 5.47. The van der Waals surface area contributed by atoms with E-state index in [1.54, 1.807) is 0 Å². The molecule has 1 heterocycles. The lowest BCUT2D eigenvalue weighted by Crippen LogP contribution is -1.87. The normalized spacial score (nSPS) is 11.6. The van der Waals surface area contributed by atoms with Gasteiger partial charge >= 0.3 is 4.94 Å². The van der Waals surface area contributed by atoms with E-state index in [1.165, 1.54) is 0 Å². The molecule has 0 spiro atoms. The fourth-order valence-electron chi connectivity index (χ4n) is 2.46. The molecular weight excluding hydrogens is 258 g/mol. The lowest BCUT2D eigenvalue weighted by molar-refractivity contribution is 0.589. The van der Waals surface area contributed by atoms with Gasteiger partial charge in [-0.1, -0.05) is 35.6 Å². The van der Waals surface area contributed by atoms with Crippen molar-refractivity contribution >= 4 is 48.9 Å². The number of hydrogen-bond acceptors (Lipinski definition) is 4. The van der Waals surface area contributed by atoms with E-state index in [0.717, 1.165) is 37.6 Å². The zero-order chi connectivity index (χ0) is 13.0. The predicted molar refractivity (Wildman–Crippen MR) is 79.8 cm³/mol. The number of nitrogen functional groups attached to an aromatic ring is 1. The standard InChI is InChI=1S/C15H9NO2S/c16-12-7-13-14(18-15(17)19-13)11-6-9-4-2-1-3-8(9)5-10(11)12/h1-7H,16H2. The smallest absolute Gasteiger partial charge is 0.396 e. The molecule has 4 rings (SSSR count). The molecule has 1 aromatic heterocycles. The summed E-state index contributed by atoms with van der Waals surface area (Å²) in [5, 5.41) is 4.05. The minimum atomic E-state index is -0.296. The summed E-state index contributed by atoms with van der Waals surface area (Å²) < 4.78 is 6.09. The number of benzene rings is 3. The molecule has 0 aliphatic rings. The largest absolute Gasteiger partial charge is 0.413 e. The Morgan fingerprint density at radius 1 is 1.00 bits per heavy atom. The van der Waals surface area contributed by atoms with Gasteiger partial charge in [-0.15, -0.1) is 0 Å². The number of anilines is 1. The van der Waals surface area contributed by atoms with Crippen LogP contribution in [0.4, 0.5) is 5.69 Å². The second-order valence-electron chi connectivity index (χ2n) is 4.49. The van der Waals surface area contributed by atoms with E-state index in [0.29, 0.717) is 11.3 Å². The summed E-state index contributed by atoms with van der Waals surface area (Å²) >= 11 is 1.08. The van der Waals surface area contributed by atoms with Crippen molar-refractivity contribution in [2.75, 3.05) is 5.73 Å². The molecule has 3 aromatic carbocycles. The van der Waals surface area contributed by atoms with Crippen molar-refractivity contribution in [3.8, 4) is 0 Å². The molecule has 0 aliphatic heterocycles. The quantitative estimate of drug-likeness (QED) is 0.390. The molecule has 0 unspecified atom stereocenters. The monoisotopic (exact) mass is 267 g/mol. The maximum absolute atomic E-state index is 11.4. The summed E-state index contributed by atoms with van der Waals surface area (Å²) in [5.74, 6) is 0. The van der Waals surface area contributed by atoms with Crippen molar-refractivity contribution in [1.29, 1.82) is 0 Å². The van der Waals surface area contributed by atoms with Crippen LogP contribution < -0.4 is 10.7 Å². The Morgan fingerprint density at radius 3 is 2.42 bits per heavy atom. The van der Waals surface area contributed by atoms with E-state index in [9.17, 15) is 4.79 Å². The minimum absolute atomic E-state index is 0.296. The van der Waals surface area contributed by atoms with Crippen molar-refractivity contribution < 1.29 is 4.42 Å². The first-order valence-electron chi connectivity index (χ1n) is 5.87. The van der Waals surface area contributed by atoms with Crippen molar-refractivity contribution in [3.63, 3.8) is 0 Å². The lowest BCUT2D eigenvalue weighted by atomic mass is 10.0. The molecule has 0 bridgehead atoms. The predicted octanol–water partition coefficient (Wildman–Crippen LogP) is 3.74. The molecule has 0 aliphatic carbocycles. The van der Waals surface area contributed by atoms with E-state index < -0.39 is 0 Å². The van der Waals surface area contributed by atoms with E-state index in [4.69, 9.17) is 10.2 Å². The molecule has 0 saturated carbocycles. The highest BCUT2D eigenvalue weighted by molar-refractivity contribution is 7.16. The first kappa shape index (κ1) is 10.6. The van der Waals surface area contributed by atoms with Crippen LogP contribution in [0.1, 0.15) is 0 Å². The third-order valence-electron chi connectivity index (χ3n) is 3.33. The first-order chi connectivity index (χ1) is 9.22. The van der Waals surface area contributed by atoms with Gasteiger partial charge in [-0.2, -0.15) is 0 Å². The van der Waals surface area contributed by atoms with Crippen LogP contribution >= 0.6 is 11.3 Å². The summed E-state index contributed by atoms with van der Waals surface area (Å²) in [5.41, 5.74) is 7.39. The third kappa shape index (κ3) is 1.47. The molecule has 19 heavy (non-hydrogen) atoms. The molecule has 0 saturated heterocycles. The summed E-state index contributed by atoms with van der Waals surface area (Å²) in [6.45, 7) is 0. The molecule has 4 heteroatoms. The van der Waals surface area contributed by atoms with Gasteiger partial charge in [0, 0.05) is 16.5 Å². The van der Waals surface area contributed by atoms with Crippen molar-refractivity contribution in [2.45, 2.75) is 0 Å². The van der Waals surface area contributed by atoms with Gasteiger partial charge in [-0.05, 0) is 29.0 Å². The van der Waals surface area contributed by atoms with Crippen LogP contribution in [0.25, 0.3) is 31.8 Å². The maximum atomic E-state index is 11.4. The maximum Gasteiger partial charge on any atom is 0.396 e. The number of nitrogens with two attached hydrogens (primary N) is 1. The fraction of sp³-hybridized carbons (Fsp3) is 0. The Balaban J connectivity index is 2.33. The topological polar surface area (TPSA) is 56.2 Å². The molecular formula is C15H9NO2S. The Labute approximate surface area is 111 Å². The highest BCUT2D eigenvalue weighted by Crippen LogP contribution is 2.34. The van der Waals surface area contributed by atoms with Gasteiger partial charge in [0.2, 0.25) is 0 Å². The molecule has 0 fully saturated rings. The van der Waals surface area contributed by atoms with E-state index in [1.807, 2.05) is 42.5 Å². The molecule has 0 amide bonds. The van der Waals surface area contributed by atoms with Gasteiger partial charge in [0.25, 0.3) is 0 Å². The summed E-state index contributed by atoms with van der Waals surface area (Å²) in [4.78, 5) is 11.1. The zero-order valence-electron chi connectivity index (χ0n) is 9.84.